The van der Waals surface area contributed by atoms with Crippen LogP contribution < -0.4 is 0 Å². The van der Waals surface area contributed by atoms with Gasteiger partial charge in [-0.25, -0.2) is 0 Å². The lowest BCUT2D eigenvalue weighted by Gasteiger charge is -2.31. The molecule has 0 aromatic heterocycles. The predicted molar refractivity (Wildman–Crippen MR) is 67.6 cm³/mol. The number of aliphatic hydroxyl groups excluding tert-OH is 1. The number of nitrogens with zero attached hydrogens (tertiary/aromatic N) is 1. The fourth-order valence-electron chi connectivity index (χ4n) is 3.14. The number of carbonyl (C=O) groups is 1. The molecular weight excluding hydrogens is 214 g/mol. The Labute approximate surface area is 104 Å². The van der Waals surface area contributed by atoms with Gasteiger partial charge in [-0.15, -0.1) is 0 Å². The van der Waals surface area contributed by atoms with Crippen molar-refractivity contribution in [3.63, 3.8) is 0 Å². The lowest BCUT2D eigenvalue weighted by Crippen LogP contribution is -2.42. The number of rotatable bonds is 3. The number of hydrogen-bond donors (Lipinski definition) is 1. The zero-order chi connectivity index (χ0) is 12.1. The van der Waals surface area contributed by atoms with Crippen LogP contribution >= 0.6 is 0 Å². The molecule has 2 fully saturated rings. The van der Waals surface area contributed by atoms with E-state index < -0.39 is 0 Å². The first-order valence-electron chi connectivity index (χ1n) is 7.21. The monoisotopic (exact) mass is 239 g/mol. The summed E-state index contributed by atoms with van der Waals surface area (Å²) in [6.07, 6.45) is 9.98. The van der Waals surface area contributed by atoms with E-state index in [0.29, 0.717) is 13.0 Å². The lowest BCUT2D eigenvalue weighted by molar-refractivity contribution is -0.134. The molecule has 1 amide bonds. The van der Waals surface area contributed by atoms with E-state index in [-0.39, 0.29) is 12.0 Å². The molecule has 0 spiro atoms. The highest BCUT2D eigenvalue weighted by Crippen LogP contribution is 2.27. The normalized spacial score (nSPS) is 27.1. The molecule has 1 N–H and O–H groups in total. The Kier molecular flexibility index (Phi) is 4.84. The van der Waals surface area contributed by atoms with Gasteiger partial charge >= 0.3 is 0 Å². The summed E-state index contributed by atoms with van der Waals surface area (Å²) in [5.41, 5.74) is 0. The zero-order valence-electron chi connectivity index (χ0n) is 10.7. The average Bonchev–Trinajstić information content (AvgIpc) is 2.37. The Morgan fingerprint density at radius 2 is 1.88 bits per heavy atom. The van der Waals surface area contributed by atoms with Crippen LogP contribution in [0.15, 0.2) is 0 Å². The highest BCUT2D eigenvalue weighted by Gasteiger charge is 2.23. The molecule has 3 heteroatoms. The molecule has 1 saturated carbocycles. The van der Waals surface area contributed by atoms with Crippen LogP contribution in [0.2, 0.25) is 0 Å². The number of β-amino-alcohol motifs (C(OH)–C–C–N with tert-alkyl or cyclic N) is 1. The molecular formula is C14H25NO2. The second-order valence-electron chi connectivity index (χ2n) is 5.68. The first-order chi connectivity index (χ1) is 8.25. The molecule has 1 atom stereocenters. The van der Waals surface area contributed by atoms with Gasteiger partial charge < -0.3 is 10.0 Å². The van der Waals surface area contributed by atoms with Crippen molar-refractivity contribution < 1.29 is 9.90 Å². The van der Waals surface area contributed by atoms with Crippen LogP contribution in [0.1, 0.15) is 57.8 Å². The third-order valence-corrected chi connectivity index (χ3v) is 4.24. The molecule has 98 valence electrons. The molecule has 1 aliphatic heterocycles. The maximum Gasteiger partial charge on any atom is 0.222 e. The molecule has 0 unspecified atom stereocenters. The Morgan fingerprint density at radius 1 is 1.12 bits per heavy atom. The van der Waals surface area contributed by atoms with Gasteiger partial charge in [0.05, 0.1) is 6.10 Å². The van der Waals surface area contributed by atoms with Crippen LogP contribution in [0.4, 0.5) is 0 Å². The largest absolute Gasteiger partial charge is 0.391 e. The Morgan fingerprint density at radius 3 is 2.59 bits per heavy atom. The van der Waals surface area contributed by atoms with Crippen molar-refractivity contribution in [2.24, 2.45) is 5.92 Å². The molecule has 0 aromatic rings. The molecule has 1 saturated heterocycles. The van der Waals surface area contributed by atoms with Crippen molar-refractivity contribution >= 4 is 5.91 Å². The van der Waals surface area contributed by atoms with Crippen molar-refractivity contribution in [2.45, 2.75) is 63.9 Å². The maximum absolute atomic E-state index is 12.0. The molecule has 1 aliphatic carbocycles. The van der Waals surface area contributed by atoms with Gasteiger partial charge in [0.15, 0.2) is 0 Å². The van der Waals surface area contributed by atoms with Gasteiger partial charge in [0.1, 0.15) is 0 Å². The van der Waals surface area contributed by atoms with E-state index in [1.807, 2.05) is 4.90 Å². The van der Waals surface area contributed by atoms with Gasteiger partial charge in [0.25, 0.3) is 0 Å². The van der Waals surface area contributed by atoms with Crippen molar-refractivity contribution in [2.75, 3.05) is 13.1 Å². The summed E-state index contributed by atoms with van der Waals surface area (Å²) in [4.78, 5) is 13.9. The number of carbonyl (C=O) groups excluding carboxylic acids is 1. The minimum Gasteiger partial charge on any atom is -0.391 e. The predicted octanol–water partition coefficient (Wildman–Crippen LogP) is 2.33. The molecule has 0 radical (unpaired) electrons. The molecule has 1 heterocycles. The van der Waals surface area contributed by atoms with E-state index in [9.17, 15) is 9.90 Å². The average molecular weight is 239 g/mol. The quantitative estimate of drug-likeness (QED) is 0.821. The van der Waals surface area contributed by atoms with Crippen LogP contribution in [0.25, 0.3) is 0 Å². The SMILES string of the molecule is O=C(CCC1CCCCC1)N1CCC[C@@H](O)C1. The summed E-state index contributed by atoms with van der Waals surface area (Å²) in [6.45, 7) is 1.41. The number of aliphatic hydroxyl groups is 1. The van der Waals surface area contributed by atoms with Gasteiger partial charge in [-0.05, 0) is 25.2 Å². The number of likely N-dealkylation sites (tertiary alicyclic amines) is 1. The van der Waals surface area contributed by atoms with Crippen molar-refractivity contribution in [3.05, 3.63) is 0 Å². The van der Waals surface area contributed by atoms with E-state index in [2.05, 4.69) is 0 Å². The van der Waals surface area contributed by atoms with Crippen molar-refractivity contribution in [1.82, 2.24) is 4.90 Å². The second kappa shape index (κ2) is 6.39. The zero-order valence-corrected chi connectivity index (χ0v) is 10.7. The topological polar surface area (TPSA) is 40.5 Å². The van der Waals surface area contributed by atoms with Crippen LogP contribution in [0.5, 0.6) is 0 Å². The van der Waals surface area contributed by atoms with E-state index in [4.69, 9.17) is 0 Å². The van der Waals surface area contributed by atoms with Crippen molar-refractivity contribution in [1.29, 1.82) is 0 Å². The van der Waals surface area contributed by atoms with Gasteiger partial charge in [-0.3, -0.25) is 4.79 Å². The molecule has 2 aliphatic rings. The fraction of sp³-hybridized carbons (Fsp3) is 0.929. The van der Waals surface area contributed by atoms with Gasteiger partial charge in [-0.2, -0.15) is 0 Å². The second-order valence-corrected chi connectivity index (χ2v) is 5.68. The maximum atomic E-state index is 12.0. The standard InChI is InChI=1S/C14H25NO2/c16-13-7-4-10-15(11-13)14(17)9-8-12-5-2-1-3-6-12/h12-13,16H,1-11H2/t13-/m1/s1. The Bertz CT molecular complexity index is 249. The molecule has 3 nitrogen and oxygen atoms in total. The van der Waals surface area contributed by atoms with Gasteiger partial charge in [0.2, 0.25) is 5.91 Å². The lowest BCUT2D eigenvalue weighted by atomic mass is 9.86. The summed E-state index contributed by atoms with van der Waals surface area (Å²) in [5, 5.41) is 9.55. The number of piperidine rings is 1. The van der Waals surface area contributed by atoms with Crippen LogP contribution in [0.3, 0.4) is 0 Å². The Hall–Kier alpha value is -0.570. The molecule has 2 rings (SSSR count). The summed E-state index contributed by atoms with van der Waals surface area (Å²) >= 11 is 0. The third kappa shape index (κ3) is 3.98. The summed E-state index contributed by atoms with van der Waals surface area (Å²) < 4.78 is 0. The van der Waals surface area contributed by atoms with Crippen LogP contribution in [0, 0.1) is 5.92 Å². The highest BCUT2D eigenvalue weighted by atomic mass is 16.3. The van der Waals surface area contributed by atoms with E-state index in [1.54, 1.807) is 0 Å². The molecule has 0 bridgehead atoms. The third-order valence-electron chi connectivity index (χ3n) is 4.24. The summed E-state index contributed by atoms with van der Waals surface area (Å²) in [7, 11) is 0. The highest BCUT2D eigenvalue weighted by molar-refractivity contribution is 5.76. The molecule has 17 heavy (non-hydrogen) atoms. The van der Waals surface area contributed by atoms with Crippen LogP contribution in [-0.4, -0.2) is 35.1 Å². The van der Waals surface area contributed by atoms with E-state index in [0.717, 1.165) is 31.7 Å². The van der Waals surface area contributed by atoms with Gasteiger partial charge in [-0.1, -0.05) is 32.1 Å². The first-order valence-corrected chi connectivity index (χ1v) is 7.21. The summed E-state index contributed by atoms with van der Waals surface area (Å²) in [6, 6.07) is 0. The smallest absolute Gasteiger partial charge is 0.222 e. The minimum absolute atomic E-state index is 0.259. The first kappa shape index (κ1) is 12.9. The number of hydrogen-bond acceptors (Lipinski definition) is 2. The van der Waals surface area contributed by atoms with Crippen LogP contribution in [-0.2, 0) is 4.79 Å². The number of amides is 1. The molecule has 0 aromatic carbocycles. The fourth-order valence-corrected chi connectivity index (χ4v) is 3.14. The Balaban J connectivity index is 1.69. The van der Waals surface area contributed by atoms with Gasteiger partial charge in [0, 0.05) is 19.5 Å². The minimum atomic E-state index is -0.289. The van der Waals surface area contributed by atoms with Crippen molar-refractivity contribution in [3.8, 4) is 0 Å². The van der Waals surface area contributed by atoms with E-state index >= 15 is 0 Å². The summed E-state index contributed by atoms with van der Waals surface area (Å²) in [5.74, 6) is 1.04. The van der Waals surface area contributed by atoms with E-state index in [1.165, 1.54) is 32.1 Å².